The molecule has 0 aliphatic rings. The second kappa shape index (κ2) is 5.76. The fourth-order valence-electron chi connectivity index (χ4n) is 1.63. The van der Waals surface area contributed by atoms with Crippen LogP contribution in [0.4, 0.5) is 10.1 Å². The molecule has 0 spiro atoms. The van der Waals surface area contributed by atoms with Crippen molar-refractivity contribution in [3.05, 3.63) is 57.8 Å². The molecule has 18 heavy (non-hydrogen) atoms. The highest BCUT2D eigenvalue weighted by atomic mass is 79.9. The first-order valence-corrected chi connectivity index (χ1v) is 7.26. The normalized spacial score (nSPS) is 10.6. The number of benzene rings is 2. The Bertz CT molecular complexity index is 551. The van der Waals surface area contributed by atoms with E-state index in [9.17, 15) is 4.39 Å². The van der Waals surface area contributed by atoms with Gasteiger partial charge in [0.1, 0.15) is 5.82 Å². The van der Waals surface area contributed by atoms with Gasteiger partial charge in [-0.1, -0.05) is 22.0 Å². The molecule has 0 bridgehead atoms. The highest BCUT2D eigenvalue weighted by Gasteiger charge is 2.03. The van der Waals surface area contributed by atoms with E-state index < -0.39 is 0 Å². The van der Waals surface area contributed by atoms with Crippen molar-refractivity contribution in [2.24, 2.45) is 0 Å². The van der Waals surface area contributed by atoms with Crippen LogP contribution in [0.3, 0.4) is 0 Å². The monoisotopic (exact) mass is 325 g/mol. The maximum atomic E-state index is 13.2. The van der Waals surface area contributed by atoms with Gasteiger partial charge in [-0.25, -0.2) is 4.39 Å². The predicted molar refractivity (Wildman–Crippen MR) is 79.3 cm³/mol. The second-order valence-corrected chi connectivity index (χ2v) is 6.02. The Morgan fingerprint density at radius 1 is 1.22 bits per heavy atom. The van der Waals surface area contributed by atoms with Crippen LogP contribution in [-0.2, 0) is 5.75 Å². The van der Waals surface area contributed by atoms with E-state index in [2.05, 4.69) is 15.9 Å². The molecule has 4 heteroatoms. The first-order chi connectivity index (χ1) is 8.54. The highest BCUT2D eigenvalue weighted by Crippen LogP contribution is 2.28. The molecule has 0 amide bonds. The molecule has 0 fully saturated rings. The highest BCUT2D eigenvalue weighted by molar-refractivity contribution is 9.10. The number of hydrogen-bond acceptors (Lipinski definition) is 2. The largest absolute Gasteiger partial charge is 0.399 e. The molecule has 0 unspecified atom stereocenters. The second-order valence-electron chi connectivity index (χ2n) is 4.09. The average molecular weight is 326 g/mol. The van der Waals surface area contributed by atoms with E-state index in [4.69, 9.17) is 5.73 Å². The average Bonchev–Trinajstić information content (AvgIpc) is 2.29. The third-order valence-corrected chi connectivity index (χ3v) is 4.22. The van der Waals surface area contributed by atoms with Gasteiger partial charge in [0.05, 0.1) is 0 Å². The zero-order chi connectivity index (χ0) is 13.1. The molecular formula is C14H13BrFNS. The van der Waals surface area contributed by atoms with Gasteiger partial charge in [0, 0.05) is 20.8 Å². The van der Waals surface area contributed by atoms with Crippen LogP contribution in [-0.4, -0.2) is 0 Å². The fourth-order valence-corrected chi connectivity index (χ4v) is 3.14. The molecule has 0 radical (unpaired) electrons. The molecule has 0 saturated carbocycles. The summed E-state index contributed by atoms with van der Waals surface area (Å²) < 4.78 is 14.0. The van der Waals surface area contributed by atoms with Crippen molar-refractivity contribution < 1.29 is 4.39 Å². The van der Waals surface area contributed by atoms with E-state index in [0.717, 1.165) is 26.4 Å². The maximum absolute atomic E-state index is 13.2. The summed E-state index contributed by atoms with van der Waals surface area (Å²) in [4.78, 5) is 1.13. The van der Waals surface area contributed by atoms with Gasteiger partial charge in [-0.15, -0.1) is 11.8 Å². The predicted octanol–water partition coefficient (Wildman–Crippen LogP) is 4.77. The van der Waals surface area contributed by atoms with Gasteiger partial charge in [-0.2, -0.15) is 0 Å². The lowest BCUT2D eigenvalue weighted by atomic mass is 10.2. The van der Waals surface area contributed by atoms with Gasteiger partial charge < -0.3 is 5.73 Å². The first-order valence-electron chi connectivity index (χ1n) is 5.48. The molecule has 2 aromatic rings. The minimum Gasteiger partial charge on any atom is -0.399 e. The van der Waals surface area contributed by atoms with Crippen molar-refractivity contribution in [1.82, 2.24) is 0 Å². The summed E-state index contributed by atoms with van der Waals surface area (Å²) in [6.45, 7) is 2.04. The van der Waals surface area contributed by atoms with E-state index >= 15 is 0 Å². The van der Waals surface area contributed by atoms with Gasteiger partial charge in [0.25, 0.3) is 0 Å². The van der Waals surface area contributed by atoms with E-state index in [-0.39, 0.29) is 5.82 Å². The Labute approximate surface area is 119 Å². The SMILES string of the molecule is Cc1ccc(N)cc1SCc1cc(F)cc(Br)c1. The lowest BCUT2D eigenvalue weighted by molar-refractivity contribution is 0.625. The van der Waals surface area contributed by atoms with Crippen LogP contribution in [0.5, 0.6) is 0 Å². The summed E-state index contributed by atoms with van der Waals surface area (Å²) in [5, 5.41) is 0. The number of anilines is 1. The number of halogens is 2. The molecule has 0 saturated heterocycles. The van der Waals surface area contributed by atoms with Crippen molar-refractivity contribution in [3.8, 4) is 0 Å². The van der Waals surface area contributed by atoms with E-state index in [1.54, 1.807) is 17.8 Å². The standard InChI is InChI=1S/C14H13BrFNS/c1-9-2-3-13(17)7-14(9)18-8-10-4-11(15)6-12(16)5-10/h2-7H,8,17H2,1H3. The van der Waals surface area contributed by atoms with Crippen molar-refractivity contribution >= 4 is 33.4 Å². The van der Waals surface area contributed by atoms with Gasteiger partial charge in [0.15, 0.2) is 0 Å². The minimum atomic E-state index is -0.218. The minimum absolute atomic E-state index is 0.218. The van der Waals surface area contributed by atoms with Crippen LogP contribution < -0.4 is 5.73 Å². The fraction of sp³-hybridized carbons (Fsp3) is 0.143. The van der Waals surface area contributed by atoms with Crippen molar-refractivity contribution in [3.63, 3.8) is 0 Å². The smallest absolute Gasteiger partial charge is 0.124 e. The summed E-state index contributed by atoms with van der Waals surface area (Å²) in [5.41, 5.74) is 8.65. The number of thioether (sulfide) groups is 1. The Balaban J connectivity index is 2.13. The molecule has 0 atom stereocenters. The summed E-state index contributed by atoms with van der Waals surface area (Å²) in [7, 11) is 0. The Hall–Kier alpha value is -1.00. The zero-order valence-corrected chi connectivity index (χ0v) is 12.3. The Kier molecular flexibility index (Phi) is 4.30. The molecule has 0 aliphatic carbocycles. The van der Waals surface area contributed by atoms with Crippen molar-refractivity contribution in [2.75, 3.05) is 5.73 Å². The number of rotatable bonds is 3. The summed E-state index contributed by atoms with van der Waals surface area (Å²) in [5.74, 6) is 0.505. The third kappa shape index (κ3) is 3.50. The number of nitrogens with two attached hydrogens (primary N) is 1. The number of aryl methyl sites for hydroxylation is 1. The first kappa shape index (κ1) is 13.4. The number of hydrogen-bond donors (Lipinski definition) is 1. The lowest BCUT2D eigenvalue weighted by Crippen LogP contribution is -1.89. The summed E-state index contributed by atoms with van der Waals surface area (Å²) >= 11 is 4.96. The van der Waals surface area contributed by atoms with Gasteiger partial charge >= 0.3 is 0 Å². The maximum Gasteiger partial charge on any atom is 0.124 e. The molecule has 2 rings (SSSR count). The van der Waals surface area contributed by atoms with Gasteiger partial charge in [-0.3, -0.25) is 0 Å². The van der Waals surface area contributed by atoms with Crippen LogP contribution in [0.15, 0.2) is 45.8 Å². The zero-order valence-electron chi connectivity index (χ0n) is 9.91. The lowest BCUT2D eigenvalue weighted by Gasteiger charge is -2.07. The van der Waals surface area contributed by atoms with Crippen LogP contribution >= 0.6 is 27.7 Å². The van der Waals surface area contributed by atoms with E-state index in [1.165, 1.54) is 11.6 Å². The molecule has 94 valence electrons. The van der Waals surface area contributed by atoms with Crippen molar-refractivity contribution in [2.45, 2.75) is 17.6 Å². The van der Waals surface area contributed by atoms with E-state index in [1.807, 2.05) is 31.2 Å². The number of nitrogen functional groups attached to an aromatic ring is 1. The quantitative estimate of drug-likeness (QED) is 0.649. The molecule has 0 heterocycles. The van der Waals surface area contributed by atoms with Crippen LogP contribution in [0.25, 0.3) is 0 Å². The molecule has 0 aromatic heterocycles. The van der Waals surface area contributed by atoms with Gasteiger partial charge in [0.2, 0.25) is 0 Å². The van der Waals surface area contributed by atoms with Gasteiger partial charge in [-0.05, 0) is 48.4 Å². The summed E-state index contributed by atoms with van der Waals surface area (Å²) in [6.07, 6.45) is 0. The van der Waals surface area contributed by atoms with Crippen LogP contribution in [0, 0.1) is 12.7 Å². The van der Waals surface area contributed by atoms with Crippen LogP contribution in [0.1, 0.15) is 11.1 Å². The Morgan fingerprint density at radius 3 is 2.72 bits per heavy atom. The van der Waals surface area contributed by atoms with E-state index in [0.29, 0.717) is 0 Å². The summed E-state index contributed by atoms with van der Waals surface area (Å²) in [6, 6.07) is 10.8. The molecule has 0 aliphatic heterocycles. The third-order valence-electron chi connectivity index (χ3n) is 2.53. The Morgan fingerprint density at radius 2 is 2.00 bits per heavy atom. The molecule has 2 N–H and O–H groups in total. The molecular weight excluding hydrogens is 313 g/mol. The van der Waals surface area contributed by atoms with Crippen LogP contribution in [0.2, 0.25) is 0 Å². The topological polar surface area (TPSA) is 26.0 Å². The van der Waals surface area contributed by atoms with Crippen molar-refractivity contribution in [1.29, 1.82) is 0 Å². The molecule has 2 aromatic carbocycles. The molecule has 1 nitrogen and oxygen atoms in total.